The molecule has 1 fully saturated rings. The van der Waals surface area contributed by atoms with E-state index in [1.54, 1.807) is 53.7 Å². The van der Waals surface area contributed by atoms with Crippen LogP contribution >= 0.6 is 0 Å². The molecule has 0 spiro atoms. The lowest BCUT2D eigenvalue weighted by molar-refractivity contribution is 0.0821. The molecule has 1 saturated carbocycles. The predicted molar refractivity (Wildman–Crippen MR) is 391 cm³/mol. The highest BCUT2D eigenvalue weighted by atomic mass is 16.5. The van der Waals surface area contributed by atoms with Gasteiger partial charge >= 0.3 is 0 Å². The van der Waals surface area contributed by atoms with E-state index in [2.05, 4.69) is 51.5 Å². The zero-order chi connectivity index (χ0) is 73.1. The predicted octanol–water partition coefficient (Wildman–Crippen LogP) is 9.04. The summed E-state index contributed by atoms with van der Waals surface area (Å²) in [5.41, 5.74) is 12.4. The molecule has 6 aromatic heterocycles. The lowest BCUT2D eigenvalue weighted by atomic mass is 9.95. The fraction of sp³-hybridized carbons (Fsp3) is 0.400. The van der Waals surface area contributed by atoms with Gasteiger partial charge in [-0.15, -0.1) is 0 Å². The summed E-state index contributed by atoms with van der Waals surface area (Å²) in [5, 5.41) is 50.0. The molecule has 7 heterocycles. The Morgan fingerprint density at radius 1 is 0.588 bits per heavy atom. The van der Waals surface area contributed by atoms with Crippen molar-refractivity contribution < 1.29 is 48.2 Å². The maximum atomic E-state index is 13.4. The molecule has 3 unspecified atom stereocenters. The van der Waals surface area contributed by atoms with Crippen molar-refractivity contribution in [1.82, 2.24) is 76.4 Å². The molecule has 0 radical (unpaired) electrons. The van der Waals surface area contributed by atoms with Crippen LogP contribution in [0.5, 0.6) is 17.2 Å². The Morgan fingerprint density at radius 2 is 1.08 bits per heavy atom. The summed E-state index contributed by atoms with van der Waals surface area (Å²) in [4.78, 5) is 71.1. The van der Waals surface area contributed by atoms with Gasteiger partial charge in [0, 0.05) is 86.4 Å². The second-order valence-electron chi connectivity index (χ2n) is 25.4. The Bertz CT molecular complexity index is 4360. The fourth-order valence-electron chi connectivity index (χ4n) is 11.6. The summed E-state index contributed by atoms with van der Waals surface area (Å²) in [6.07, 6.45) is 7.08. The van der Waals surface area contributed by atoms with Crippen molar-refractivity contribution in [2.45, 2.75) is 112 Å². The van der Waals surface area contributed by atoms with E-state index in [9.17, 15) is 24.9 Å². The highest BCUT2D eigenvalue weighted by Crippen LogP contribution is 2.36. The molecular formula is C75H93N17O10. The van der Waals surface area contributed by atoms with Crippen molar-refractivity contribution in [3.05, 3.63) is 154 Å². The molecule has 2 amide bonds. The highest BCUT2D eigenvalue weighted by molar-refractivity contribution is 6.25. The molecule has 7 N–H and O–H groups in total. The second-order valence-corrected chi connectivity index (χ2v) is 25.4. The average Bonchev–Trinajstić information content (AvgIpc) is 1.37. The topological polar surface area (TPSA) is 345 Å². The lowest BCUT2D eigenvalue weighted by Gasteiger charge is -2.23. The molecule has 1 aliphatic carbocycles. The van der Waals surface area contributed by atoms with Gasteiger partial charge in [0.2, 0.25) is 0 Å². The number of carbonyl (C=O) groups excluding carboxylic acids is 2. The SMILES string of the molecule is CNCC(O)COc1cccc(-c2nc(-c3c(C)noc3C)cc(N(C)c3cnc(C)nc3)n2)c1.CNCC(O)COc1cccc(-c2nc(C(=O)N(C)C)cc(C3=C(C)CN=C3C)n2)c1.CNCC(O)COc1cccc(-c2nc(C(=O)NC3CCCCC3)c(C)c(-c3c(C)noc3C)n2)c1. The van der Waals surface area contributed by atoms with E-state index < -0.39 is 18.3 Å². The Labute approximate surface area is 594 Å². The number of likely N-dealkylation sites (N-methyl/N-ethyl adjacent to an activating group) is 3. The number of aliphatic imine (C=N–C) groups is 1. The molecule has 1 aliphatic heterocycles. The summed E-state index contributed by atoms with van der Waals surface area (Å²) in [5.74, 6) is 5.42. The van der Waals surface area contributed by atoms with Crippen molar-refractivity contribution in [2.75, 3.05) is 93.2 Å². The van der Waals surface area contributed by atoms with Crippen LogP contribution in [0.4, 0.5) is 11.5 Å². The van der Waals surface area contributed by atoms with Crippen LogP contribution in [-0.4, -0.2) is 201 Å². The number of hydrogen-bond acceptors (Lipinski definition) is 25. The molecule has 3 aromatic carbocycles. The van der Waals surface area contributed by atoms with Crippen LogP contribution in [0.25, 0.3) is 62.3 Å². The summed E-state index contributed by atoms with van der Waals surface area (Å²) in [6.45, 7) is 17.6. The number of amides is 2. The summed E-state index contributed by atoms with van der Waals surface area (Å²) >= 11 is 0. The summed E-state index contributed by atoms with van der Waals surface area (Å²) in [6, 6.07) is 26.0. The van der Waals surface area contributed by atoms with E-state index in [-0.39, 0.29) is 37.7 Å². The van der Waals surface area contributed by atoms with E-state index in [0.29, 0.717) is 129 Å². The molecule has 0 bridgehead atoms. The van der Waals surface area contributed by atoms with Crippen molar-refractivity contribution >= 4 is 34.6 Å². The van der Waals surface area contributed by atoms with Crippen LogP contribution in [0.1, 0.15) is 107 Å². The first kappa shape index (κ1) is 75.9. The Balaban J connectivity index is 0.000000179. The maximum absolute atomic E-state index is 13.4. The van der Waals surface area contributed by atoms with Crippen molar-refractivity contribution in [3.63, 3.8) is 0 Å². The largest absolute Gasteiger partial charge is 0.491 e. The number of carbonyl (C=O) groups is 2. The molecule has 102 heavy (non-hydrogen) atoms. The van der Waals surface area contributed by atoms with E-state index in [4.69, 9.17) is 48.2 Å². The fourth-order valence-corrected chi connectivity index (χ4v) is 11.6. The van der Waals surface area contributed by atoms with Crippen molar-refractivity contribution in [1.29, 1.82) is 0 Å². The van der Waals surface area contributed by atoms with Gasteiger partial charge in [-0.1, -0.05) is 66.0 Å². The standard InChI is InChI=1S/C27H35N5O4.C25H29N7O3.C23H29N5O3/c1-16-24(23-17(2)32-36-18(23)3)30-26(31-25(16)27(34)29-20-10-6-5-7-11-20)19-9-8-12-22(13-19)35-15-21(33)14-28-4;1-15-24(16(2)35-31-15)22-10-23(32(5)19-11-27-17(3)28-12-19)30-25(29-22)18-7-6-8-21(9-18)34-14-20(33)13-26-4;1-14-11-25-15(2)21(14)19-10-20(23(30)28(4)5)27-22(26-19)16-7-6-8-18(9-16)31-13-17(29)12-24-3/h8-9,12-13,20-21,28,33H,5-7,10-11,14-15H2,1-4H3,(H,29,34);6-12,20,26,33H,13-14H2,1-5H3;6-10,17,24,29H,11-13H2,1-5H3. The Morgan fingerprint density at radius 3 is 1.55 bits per heavy atom. The first-order chi connectivity index (χ1) is 49.0. The number of rotatable bonds is 26. The quantitative estimate of drug-likeness (QED) is 0.0266. The minimum atomic E-state index is -0.629. The molecule has 0 saturated heterocycles. The number of nitrogens with zero attached hydrogens (tertiary/aromatic N) is 13. The second kappa shape index (κ2) is 35.8. The first-order valence-corrected chi connectivity index (χ1v) is 34.0. The van der Waals surface area contributed by atoms with Crippen LogP contribution in [0.2, 0.25) is 0 Å². The van der Waals surface area contributed by atoms with Gasteiger partial charge in [-0.3, -0.25) is 14.6 Å². The van der Waals surface area contributed by atoms with Crippen molar-refractivity contribution in [2.24, 2.45) is 4.99 Å². The van der Waals surface area contributed by atoms with Gasteiger partial charge in [0.25, 0.3) is 11.8 Å². The van der Waals surface area contributed by atoms with E-state index in [0.717, 1.165) is 76.2 Å². The van der Waals surface area contributed by atoms with E-state index >= 15 is 0 Å². The number of anilines is 2. The molecule has 27 heteroatoms. The van der Waals surface area contributed by atoms with Gasteiger partial charge in [0.15, 0.2) is 17.5 Å². The third-order valence-corrected chi connectivity index (χ3v) is 16.9. The average molecular weight is 1390 g/mol. The van der Waals surface area contributed by atoms with Crippen LogP contribution in [0.15, 0.2) is 117 Å². The molecule has 27 nitrogen and oxygen atoms in total. The Kier molecular flexibility index (Phi) is 26.7. The Hall–Kier alpha value is -10.3. The first-order valence-electron chi connectivity index (χ1n) is 34.0. The minimum Gasteiger partial charge on any atom is -0.491 e. The van der Waals surface area contributed by atoms with Crippen LogP contribution in [0, 0.1) is 41.5 Å². The number of aromatic nitrogens is 10. The number of benzene rings is 3. The maximum Gasteiger partial charge on any atom is 0.272 e. The van der Waals surface area contributed by atoms with Gasteiger partial charge in [-0.25, -0.2) is 39.9 Å². The van der Waals surface area contributed by atoms with E-state index in [1.807, 2.05) is 146 Å². The summed E-state index contributed by atoms with van der Waals surface area (Å²) in [7, 11) is 10.6. The summed E-state index contributed by atoms with van der Waals surface area (Å²) < 4.78 is 28.1. The normalized spacial score (nSPS) is 13.8. The van der Waals surface area contributed by atoms with Gasteiger partial charge in [-0.05, 0) is 137 Å². The van der Waals surface area contributed by atoms with Crippen molar-refractivity contribution in [3.8, 4) is 73.9 Å². The molecule has 2 aliphatic rings. The number of nitrogens with one attached hydrogen (secondary N) is 4. The zero-order valence-electron chi connectivity index (χ0n) is 60.5. The zero-order valence-corrected chi connectivity index (χ0v) is 60.5. The number of aliphatic hydroxyl groups is 3. The van der Waals surface area contributed by atoms with Gasteiger partial charge < -0.3 is 69.6 Å². The van der Waals surface area contributed by atoms with Crippen LogP contribution < -0.4 is 40.4 Å². The third-order valence-electron chi connectivity index (χ3n) is 16.9. The van der Waals surface area contributed by atoms with Crippen LogP contribution in [0.3, 0.4) is 0 Å². The molecule has 11 rings (SSSR count). The lowest BCUT2D eigenvalue weighted by Crippen LogP contribution is -2.37. The smallest absolute Gasteiger partial charge is 0.272 e. The molecule has 9 aromatic rings. The highest BCUT2D eigenvalue weighted by Gasteiger charge is 2.27. The number of hydrogen-bond donors (Lipinski definition) is 7. The van der Waals surface area contributed by atoms with Gasteiger partial charge in [-0.2, -0.15) is 0 Å². The number of allylic oxidation sites excluding steroid dienone is 1. The van der Waals surface area contributed by atoms with Gasteiger partial charge in [0.05, 0.1) is 64.2 Å². The monoisotopic (exact) mass is 1390 g/mol. The minimum absolute atomic E-state index is 0.151. The number of ether oxygens (including phenoxy) is 3. The number of aryl methyl sites for hydroxylation is 5. The molecule has 3 atom stereocenters. The van der Waals surface area contributed by atoms with Crippen LogP contribution in [-0.2, 0) is 0 Å². The van der Waals surface area contributed by atoms with E-state index in [1.165, 1.54) is 11.3 Å². The molecular weight excluding hydrogens is 1300 g/mol. The van der Waals surface area contributed by atoms with Gasteiger partial charge in [0.1, 0.15) is 89.9 Å². The number of aliphatic hydroxyl groups excluding tert-OH is 3. The molecule has 538 valence electrons. The third kappa shape index (κ3) is 19.8.